The molecule has 0 radical (unpaired) electrons. The average molecular weight is 387 g/mol. The number of hydrogen-bond acceptors (Lipinski definition) is 6. The number of benzene rings is 1. The third kappa shape index (κ3) is 3.40. The van der Waals surface area contributed by atoms with E-state index in [1.165, 1.54) is 24.8 Å². The monoisotopic (exact) mass is 387 g/mol. The van der Waals surface area contributed by atoms with Gasteiger partial charge in [0.15, 0.2) is 0 Å². The lowest BCUT2D eigenvalue weighted by Crippen LogP contribution is -2.22. The van der Waals surface area contributed by atoms with E-state index in [2.05, 4.69) is 10.3 Å². The lowest BCUT2D eigenvalue weighted by Gasteiger charge is -2.12. The van der Waals surface area contributed by atoms with Crippen molar-refractivity contribution in [3.8, 4) is 11.5 Å². The number of carbonyl (C=O) groups is 1. The molecule has 0 aliphatic carbocycles. The highest BCUT2D eigenvalue weighted by Gasteiger charge is 2.22. The number of nitrogens with zero attached hydrogens (tertiary/aromatic N) is 2. The molecule has 0 spiro atoms. The molecule has 8 heteroatoms. The number of nitrogens with one attached hydrogen (secondary N) is 1. The van der Waals surface area contributed by atoms with Crippen LogP contribution in [0.4, 0.5) is 5.69 Å². The van der Waals surface area contributed by atoms with E-state index in [0.29, 0.717) is 33.0 Å². The van der Waals surface area contributed by atoms with Crippen LogP contribution < -0.4 is 20.3 Å². The molecular formula is C19H21N3O4S. The molecule has 7 nitrogen and oxygen atoms in total. The molecule has 1 N–H and O–H groups in total. The number of fused-ring (bicyclic) bond motifs is 1. The SMILES string of the molecule is COc1ccc(NC(=O)c2c(C)sc3c(=O)n(C(C)C)cnc23)c(OC)c1. The second-order valence-electron chi connectivity index (χ2n) is 6.28. The van der Waals surface area contributed by atoms with E-state index in [0.717, 1.165) is 4.88 Å². The highest BCUT2D eigenvalue weighted by molar-refractivity contribution is 7.19. The van der Waals surface area contributed by atoms with Gasteiger partial charge in [0.2, 0.25) is 0 Å². The number of ether oxygens (including phenoxy) is 2. The summed E-state index contributed by atoms with van der Waals surface area (Å²) < 4.78 is 12.5. The van der Waals surface area contributed by atoms with Gasteiger partial charge in [-0.15, -0.1) is 11.3 Å². The summed E-state index contributed by atoms with van der Waals surface area (Å²) in [5, 5.41) is 2.84. The van der Waals surface area contributed by atoms with Gasteiger partial charge in [-0.3, -0.25) is 14.2 Å². The Kier molecular flexibility index (Phi) is 5.18. The molecule has 0 unspecified atom stereocenters. The van der Waals surface area contributed by atoms with Crippen molar-refractivity contribution in [3.63, 3.8) is 0 Å². The highest BCUT2D eigenvalue weighted by Crippen LogP contribution is 2.32. The fourth-order valence-corrected chi connectivity index (χ4v) is 3.85. The van der Waals surface area contributed by atoms with E-state index in [1.54, 1.807) is 29.9 Å². The fourth-order valence-electron chi connectivity index (χ4n) is 2.81. The second kappa shape index (κ2) is 7.40. The van der Waals surface area contributed by atoms with Crippen molar-refractivity contribution in [3.05, 3.63) is 45.3 Å². The zero-order chi connectivity index (χ0) is 19.7. The van der Waals surface area contributed by atoms with Crippen molar-refractivity contribution >= 4 is 33.1 Å². The molecule has 0 saturated heterocycles. The molecule has 1 amide bonds. The Hall–Kier alpha value is -2.87. The third-order valence-corrected chi connectivity index (χ3v) is 5.32. The van der Waals surface area contributed by atoms with E-state index in [-0.39, 0.29) is 17.5 Å². The minimum Gasteiger partial charge on any atom is -0.497 e. The van der Waals surface area contributed by atoms with E-state index in [4.69, 9.17) is 9.47 Å². The van der Waals surface area contributed by atoms with Gasteiger partial charge in [0.05, 0.1) is 31.8 Å². The van der Waals surface area contributed by atoms with Gasteiger partial charge in [0, 0.05) is 17.0 Å². The molecule has 0 atom stereocenters. The average Bonchev–Trinajstić information content (AvgIpc) is 2.99. The second-order valence-corrected chi connectivity index (χ2v) is 7.51. The summed E-state index contributed by atoms with van der Waals surface area (Å²) in [7, 11) is 3.08. The number of aryl methyl sites for hydroxylation is 1. The van der Waals surface area contributed by atoms with E-state index in [1.807, 2.05) is 20.8 Å². The first-order valence-electron chi connectivity index (χ1n) is 8.41. The van der Waals surface area contributed by atoms with Gasteiger partial charge in [-0.2, -0.15) is 0 Å². The summed E-state index contributed by atoms with van der Waals surface area (Å²) in [5.41, 5.74) is 1.20. The van der Waals surface area contributed by atoms with Crippen molar-refractivity contribution in [1.29, 1.82) is 0 Å². The first-order valence-corrected chi connectivity index (χ1v) is 9.22. The van der Waals surface area contributed by atoms with Crippen LogP contribution in [0.25, 0.3) is 10.2 Å². The molecule has 0 saturated carbocycles. The molecule has 2 aromatic heterocycles. The standard InChI is InChI=1S/C19H21N3O4S/c1-10(2)22-9-20-16-15(11(3)27-17(16)19(22)24)18(23)21-13-7-6-12(25-4)8-14(13)26-5/h6-10H,1-5H3,(H,21,23). The largest absolute Gasteiger partial charge is 0.497 e. The van der Waals surface area contributed by atoms with Crippen molar-refractivity contribution in [2.75, 3.05) is 19.5 Å². The smallest absolute Gasteiger partial charge is 0.271 e. The number of anilines is 1. The number of thiophene rings is 1. The van der Waals surface area contributed by atoms with Gasteiger partial charge in [0.25, 0.3) is 11.5 Å². The third-order valence-electron chi connectivity index (χ3n) is 4.24. The molecule has 0 aliphatic heterocycles. The van der Waals surface area contributed by atoms with Crippen molar-refractivity contribution in [1.82, 2.24) is 9.55 Å². The van der Waals surface area contributed by atoms with Gasteiger partial charge in [-0.1, -0.05) is 0 Å². The first kappa shape index (κ1) is 18.9. The van der Waals surface area contributed by atoms with Crippen LogP contribution in [0.15, 0.2) is 29.3 Å². The zero-order valence-corrected chi connectivity index (χ0v) is 16.6. The summed E-state index contributed by atoms with van der Waals surface area (Å²) in [6.07, 6.45) is 1.49. The topological polar surface area (TPSA) is 82.5 Å². The summed E-state index contributed by atoms with van der Waals surface area (Å²) in [5.74, 6) is 0.768. The number of carbonyl (C=O) groups excluding carboxylic acids is 1. The zero-order valence-electron chi connectivity index (χ0n) is 15.8. The molecule has 27 heavy (non-hydrogen) atoms. The van der Waals surface area contributed by atoms with Gasteiger partial charge >= 0.3 is 0 Å². The van der Waals surface area contributed by atoms with Crippen molar-refractivity contribution in [2.24, 2.45) is 0 Å². The van der Waals surface area contributed by atoms with Crippen LogP contribution in [0.5, 0.6) is 11.5 Å². The van der Waals surface area contributed by atoms with Crippen molar-refractivity contribution < 1.29 is 14.3 Å². The molecule has 0 aliphatic rings. The Morgan fingerprint density at radius 1 is 1.26 bits per heavy atom. The summed E-state index contributed by atoms with van der Waals surface area (Å²) in [4.78, 5) is 30.7. The Bertz CT molecular complexity index is 1070. The normalized spacial score (nSPS) is 11.0. The quantitative estimate of drug-likeness (QED) is 0.723. The number of rotatable bonds is 5. The van der Waals surface area contributed by atoms with Gasteiger partial charge in [-0.25, -0.2) is 4.98 Å². The van der Waals surface area contributed by atoms with Gasteiger partial charge in [0.1, 0.15) is 21.7 Å². The van der Waals surface area contributed by atoms with Crippen LogP contribution in [0.2, 0.25) is 0 Å². The summed E-state index contributed by atoms with van der Waals surface area (Å²) in [6, 6.07) is 5.13. The predicted octanol–water partition coefficient (Wildman–Crippen LogP) is 3.62. The van der Waals surface area contributed by atoms with Gasteiger partial charge < -0.3 is 14.8 Å². The van der Waals surface area contributed by atoms with Crippen LogP contribution in [0.1, 0.15) is 35.1 Å². The maximum atomic E-state index is 12.9. The maximum Gasteiger partial charge on any atom is 0.271 e. The van der Waals surface area contributed by atoms with E-state index in [9.17, 15) is 9.59 Å². The van der Waals surface area contributed by atoms with Crippen LogP contribution in [0, 0.1) is 6.92 Å². The van der Waals surface area contributed by atoms with Crippen LogP contribution in [0.3, 0.4) is 0 Å². The number of hydrogen-bond donors (Lipinski definition) is 1. The maximum absolute atomic E-state index is 12.9. The van der Waals surface area contributed by atoms with E-state index >= 15 is 0 Å². The first-order chi connectivity index (χ1) is 12.9. The minimum absolute atomic E-state index is 0.00218. The number of methoxy groups -OCH3 is 2. The highest BCUT2D eigenvalue weighted by atomic mass is 32.1. The number of amides is 1. The summed E-state index contributed by atoms with van der Waals surface area (Å²) in [6.45, 7) is 5.64. The molecule has 0 bridgehead atoms. The lowest BCUT2D eigenvalue weighted by molar-refractivity contribution is 0.102. The Labute approximate surface area is 160 Å². The number of aromatic nitrogens is 2. The fraction of sp³-hybridized carbons (Fsp3) is 0.316. The Morgan fingerprint density at radius 3 is 2.63 bits per heavy atom. The summed E-state index contributed by atoms with van der Waals surface area (Å²) >= 11 is 1.28. The van der Waals surface area contributed by atoms with Crippen molar-refractivity contribution in [2.45, 2.75) is 26.8 Å². The van der Waals surface area contributed by atoms with Crippen LogP contribution in [-0.2, 0) is 0 Å². The Morgan fingerprint density at radius 2 is 2.00 bits per heavy atom. The van der Waals surface area contributed by atoms with Crippen LogP contribution >= 0.6 is 11.3 Å². The molecular weight excluding hydrogens is 366 g/mol. The molecule has 1 aromatic carbocycles. The minimum atomic E-state index is -0.337. The molecule has 3 aromatic rings. The van der Waals surface area contributed by atoms with Crippen LogP contribution in [-0.4, -0.2) is 29.7 Å². The molecule has 3 rings (SSSR count). The Balaban J connectivity index is 2.03. The van der Waals surface area contributed by atoms with E-state index < -0.39 is 0 Å². The molecule has 0 fully saturated rings. The molecule has 2 heterocycles. The lowest BCUT2D eigenvalue weighted by atomic mass is 10.2. The molecule has 142 valence electrons. The predicted molar refractivity (Wildman–Crippen MR) is 107 cm³/mol. The van der Waals surface area contributed by atoms with Gasteiger partial charge in [-0.05, 0) is 32.9 Å².